The molecule has 0 heterocycles. The fraction of sp³-hybridized carbons (Fsp3) is 0.429. The number of amides is 2. The zero-order chi connectivity index (χ0) is 16.0. The first kappa shape index (κ1) is 16.9. The first-order valence-corrected chi connectivity index (χ1v) is 6.41. The Hall–Kier alpha value is -2.18. The lowest BCUT2D eigenvalue weighted by Crippen LogP contribution is -2.53. The van der Waals surface area contributed by atoms with Gasteiger partial charge in [-0.05, 0) is 32.4 Å². The lowest BCUT2D eigenvalue weighted by atomic mass is 10.0. The van der Waals surface area contributed by atoms with Crippen molar-refractivity contribution >= 4 is 11.8 Å². The van der Waals surface area contributed by atoms with Crippen LogP contribution in [0.5, 0.6) is 5.75 Å². The van der Waals surface area contributed by atoms with Gasteiger partial charge < -0.3 is 15.8 Å². The van der Waals surface area contributed by atoms with Crippen molar-refractivity contribution in [3.05, 3.63) is 29.8 Å². The highest BCUT2D eigenvalue weighted by Gasteiger charge is 2.26. The van der Waals surface area contributed by atoms with Gasteiger partial charge in [0.1, 0.15) is 11.4 Å². The van der Waals surface area contributed by atoms with Crippen LogP contribution in [0, 0.1) is 11.6 Å². The van der Waals surface area contributed by atoms with E-state index in [9.17, 15) is 18.4 Å². The van der Waals surface area contributed by atoms with Crippen LogP contribution in [0.2, 0.25) is 0 Å². The second-order valence-corrected chi connectivity index (χ2v) is 5.06. The summed E-state index contributed by atoms with van der Waals surface area (Å²) < 4.78 is 31.0. The predicted octanol–water partition coefficient (Wildman–Crippen LogP) is 1.50. The summed E-state index contributed by atoms with van der Waals surface area (Å²) in [6, 6.07) is 2.98. The molecular weight excluding hydrogens is 282 g/mol. The number of carbonyl (C=O) groups excluding carboxylic acids is 2. The Labute approximate surface area is 121 Å². The molecule has 2 amide bonds. The maximum Gasteiger partial charge on any atom is 0.242 e. The maximum absolute atomic E-state index is 13.3. The molecule has 0 aromatic heterocycles. The van der Waals surface area contributed by atoms with Gasteiger partial charge in [0.25, 0.3) is 0 Å². The average Bonchev–Trinajstić information content (AvgIpc) is 2.35. The van der Waals surface area contributed by atoms with Crippen LogP contribution in [0.25, 0.3) is 0 Å². The molecule has 7 heteroatoms. The Bertz CT molecular complexity index is 533. The molecule has 0 radical (unpaired) electrons. The molecular formula is C14H18F2N2O3. The SMILES string of the molecule is CC(C)(NC(=O)CCCOc1ccc(F)cc1F)C(N)=O. The van der Waals surface area contributed by atoms with Crippen LogP contribution in [0.15, 0.2) is 18.2 Å². The number of ether oxygens (including phenoxy) is 1. The molecule has 1 aromatic rings. The molecule has 0 fully saturated rings. The highest BCUT2D eigenvalue weighted by molar-refractivity contribution is 5.89. The molecule has 5 nitrogen and oxygen atoms in total. The maximum atomic E-state index is 13.3. The van der Waals surface area contributed by atoms with Gasteiger partial charge in [0.15, 0.2) is 11.6 Å². The number of carbonyl (C=O) groups is 2. The fourth-order valence-corrected chi connectivity index (χ4v) is 1.48. The molecule has 0 spiro atoms. The summed E-state index contributed by atoms with van der Waals surface area (Å²) in [5.41, 5.74) is 4.00. The smallest absolute Gasteiger partial charge is 0.242 e. The molecule has 0 aliphatic carbocycles. The Morgan fingerprint density at radius 3 is 2.57 bits per heavy atom. The molecule has 0 unspecified atom stereocenters. The van der Waals surface area contributed by atoms with Crippen molar-refractivity contribution in [2.75, 3.05) is 6.61 Å². The van der Waals surface area contributed by atoms with Crippen LogP contribution in [-0.2, 0) is 9.59 Å². The normalized spacial score (nSPS) is 11.0. The van der Waals surface area contributed by atoms with E-state index in [-0.39, 0.29) is 24.7 Å². The lowest BCUT2D eigenvalue weighted by molar-refractivity contribution is -0.130. The minimum Gasteiger partial charge on any atom is -0.491 e. The van der Waals surface area contributed by atoms with Crippen molar-refractivity contribution in [3.63, 3.8) is 0 Å². The van der Waals surface area contributed by atoms with Gasteiger partial charge in [-0.15, -0.1) is 0 Å². The number of rotatable bonds is 7. The largest absolute Gasteiger partial charge is 0.491 e. The molecule has 0 atom stereocenters. The first-order valence-electron chi connectivity index (χ1n) is 6.41. The number of halogens is 2. The van der Waals surface area contributed by atoms with E-state index in [0.29, 0.717) is 6.42 Å². The third kappa shape index (κ3) is 5.37. The summed E-state index contributed by atoms with van der Waals surface area (Å²) in [4.78, 5) is 22.6. The van der Waals surface area contributed by atoms with Crippen molar-refractivity contribution in [2.45, 2.75) is 32.2 Å². The van der Waals surface area contributed by atoms with Crippen molar-refractivity contribution in [2.24, 2.45) is 5.73 Å². The highest BCUT2D eigenvalue weighted by atomic mass is 19.1. The van der Waals surface area contributed by atoms with Crippen molar-refractivity contribution in [3.8, 4) is 5.75 Å². The number of primary amides is 1. The van der Waals surface area contributed by atoms with Gasteiger partial charge in [-0.2, -0.15) is 0 Å². The minimum absolute atomic E-state index is 0.0747. The van der Waals surface area contributed by atoms with Crippen LogP contribution in [0.3, 0.4) is 0 Å². The number of nitrogens with one attached hydrogen (secondary N) is 1. The molecule has 21 heavy (non-hydrogen) atoms. The molecule has 1 rings (SSSR count). The first-order chi connectivity index (χ1) is 9.72. The Kier molecular flexibility index (Phi) is 5.63. The van der Waals surface area contributed by atoms with E-state index in [0.717, 1.165) is 12.1 Å². The van der Waals surface area contributed by atoms with Gasteiger partial charge in [0.2, 0.25) is 11.8 Å². The van der Waals surface area contributed by atoms with Gasteiger partial charge in [-0.1, -0.05) is 0 Å². The second-order valence-electron chi connectivity index (χ2n) is 5.06. The van der Waals surface area contributed by atoms with E-state index in [1.165, 1.54) is 19.9 Å². The van der Waals surface area contributed by atoms with Gasteiger partial charge in [0.05, 0.1) is 6.61 Å². The van der Waals surface area contributed by atoms with E-state index in [1.54, 1.807) is 0 Å². The number of hydrogen-bond donors (Lipinski definition) is 2. The zero-order valence-corrected chi connectivity index (χ0v) is 11.9. The minimum atomic E-state index is -1.12. The van der Waals surface area contributed by atoms with Crippen LogP contribution in [-0.4, -0.2) is 24.0 Å². The third-order valence-corrected chi connectivity index (χ3v) is 2.77. The van der Waals surface area contributed by atoms with Crippen LogP contribution in [0.1, 0.15) is 26.7 Å². The van der Waals surface area contributed by atoms with E-state index in [2.05, 4.69) is 5.32 Å². The van der Waals surface area contributed by atoms with Crippen LogP contribution in [0.4, 0.5) is 8.78 Å². The average molecular weight is 300 g/mol. The Balaban J connectivity index is 2.34. The summed E-state index contributed by atoms with van der Waals surface area (Å²) in [6.45, 7) is 3.09. The lowest BCUT2D eigenvalue weighted by Gasteiger charge is -2.22. The van der Waals surface area contributed by atoms with Gasteiger partial charge in [-0.25, -0.2) is 8.78 Å². The predicted molar refractivity (Wildman–Crippen MR) is 72.5 cm³/mol. The van der Waals surface area contributed by atoms with Crippen molar-refractivity contribution in [1.29, 1.82) is 0 Å². The molecule has 116 valence electrons. The van der Waals surface area contributed by atoms with Gasteiger partial charge in [0, 0.05) is 12.5 Å². The Morgan fingerprint density at radius 2 is 2.00 bits per heavy atom. The third-order valence-electron chi connectivity index (χ3n) is 2.77. The Morgan fingerprint density at radius 1 is 1.33 bits per heavy atom. The molecule has 0 bridgehead atoms. The molecule has 0 saturated heterocycles. The quantitative estimate of drug-likeness (QED) is 0.749. The number of nitrogens with two attached hydrogens (primary N) is 1. The summed E-state index contributed by atoms with van der Waals surface area (Å²) in [7, 11) is 0. The summed E-state index contributed by atoms with van der Waals surface area (Å²) in [5.74, 6) is -2.56. The highest BCUT2D eigenvalue weighted by Crippen LogP contribution is 2.17. The van der Waals surface area contributed by atoms with E-state index in [1.807, 2.05) is 0 Å². The second kappa shape index (κ2) is 7.01. The molecule has 3 N–H and O–H groups in total. The standard InChI is InChI=1S/C14H18F2N2O3/c1-14(2,13(17)20)18-12(19)4-3-7-21-11-6-5-9(15)8-10(11)16/h5-6,8H,3-4,7H2,1-2H3,(H2,17,20)(H,18,19). The molecule has 0 aliphatic rings. The van der Waals surface area contributed by atoms with Gasteiger partial charge in [-0.3, -0.25) is 9.59 Å². The van der Waals surface area contributed by atoms with Crippen LogP contribution < -0.4 is 15.8 Å². The molecule has 0 saturated carbocycles. The van der Waals surface area contributed by atoms with Crippen molar-refractivity contribution < 1.29 is 23.1 Å². The van der Waals surface area contributed by atoms with Crippen molar-refractivity contribution in [1.82, 2.24) is 5.32 Å². The summed E-state index contributed by atoms with van der Waals surface area (Å²) in [6.07, 6.45) is 0.414. The molecule has 1 aromatic carbocycles. The van der Waals surface area contributed by atoms with E-state index in [4.69, 9.17) is 10.5 Å². The number of benzene rings is 1. The summed E-state index contributed by atoms with van der Waals surface area (Å²) >= 11 is 0. The summed E-state index contributed by atoms with van der Waals surface area (Å²) in [5, 5.41) is 2.48. The fourth-order valence-electron chi connectivity index (χ4n) is 1.48. The van der Waals surface area contributed by atoms with E-state index >= 15 is 0 Å². The number of hydrogen-bond acceptors (Lipinski definition) is 3. The monoisotopic (exact) mass is 300 g/mol. The zero-order valence-electron chi connectivity index (χ0n) is 11.9. The molecule has 0 aliphatic heterocycles. The van der Waals surface area contributed by atoms with Crippen LogP contribution >= 0.6 is 0 Å². The van der Waals surface area contributed by atoms with Gasteiger partial charge >= 0.3 is 0 Å². The van der Waals surface area contributed by atoms with E-state index < -0.39 is 23.1 Å². The topological polar surface area (TPSA) is 81.4 Å².